The first-order valence-corrected chi connectivity index (χ1v) is 8.79. The third-order valence-corrected chi connectivity index (χ3v) is 4.68. The van der Waals surface area contributed by atoms with Crippen LogP contribution in [-0.2, 0) is 14.3 Å². The average molecular weight is 358 g/mol. The lowest BCUT2D eigenvalue weighted by Crippen LogP contribution is -2.46. The van der Waals surface area contributed by atoms with Gasteiger partial charge in [-0.1, -0.05) is 41.9 Å². The fourth-order valence-electron chi connectivity index (χ4n) is 3.33. The van der Waals surface area contributed by atoms with Gasteiger partial charge in [-0.25, -0.2) is 0 Å². The maximum Gasteiger partial charge on any atom is 0.311 e. The molecular weight excluding hydrogens is 338 g/mol. The van der Waals surface area contributed by atoms with Crippen LogP contribution in [0, 0.1) is 5.92 Å². The minimum absolute atomic E-state index is 0.00303. The van der Waals surface area contributed by atoms with Gasteiger partial charge in [0.1, 0.15) is 0 Å². The largest absolute Gasteiger partial charge is 0.466 e. The number of hydrogen-bond acceptors (Lipinski definition) is 3. The van der Waals surface area contributed by atoms with Gasteiger partial charge in [0.25, 0.3) is 0 Å². The molecule has 0 N–H and O–H groups in total. The highest BCUT2D eigenvalue weighted by molar-refractivity contribution is 6.30. The summed E-state index contributed by atoms with van der Waals surface area (Å²) in [6, 6.07) is 16.4. The zero-order chi connectivity index (χ0) is 17.8. The molecule has 1 saturated heterocycles. The average Bonchev–Trinajstić information content (AvgIpc) is 2.63. The summed E-state index contributed by atoms with van der Waals surface area (Å²) in [5.74, 6) is -0.657. The summed E-state index contributed by atoms with van der Waals surface area (Å²) in [6.07, 6.45) is 0.802. The highest BCUT2D eigenvalue weighted by Gasteiger charge is 2.42. The fourth-order valence-corrected chi connectivity index (χ4v) is 3.45. The van der Waals surface area contributed by atoms with Gasteiger partial charge in [0.2, 0.25) is 5.91 Å². The Morgan fingerprint density at radius 1 is 1.16 bits per heavy atom. The van der Waals surface area contributed by atoms with E-state index in [1.54, 1.807) is 24.0 Å². The van der Waals surface area contributed by atoms with Gasteiger partial charge in [-0.2, -0.15) is 0 Å². The van der Waals surface area contributed by atoms with Crippen LogP contribution in [0.15, 0.2) is 54.6 Å². The molecule has 4 nitrogen and oxygen atoms in total. The van der Waals surface area contributed by atoms with Crippen LogP contribution >= 0.6 is 11.6 Å². The molecule has 25 heavy (non-hydrogen) atoms. The molecule has 0 bridgehead atoms. The van der Waals surface area contributed by atoms with Gasteiger partial charge in [0.05, 0.1) is 18.6 Å². The lowest BCUT2D eigenvalue weighted by Gasteiger charge is -2.40. The van der Waals surface area contributed by atoms with Crippen molar-refractivity contribution >= 4 is 29.2 Å². The van der Waals surface area contributed by atoms with Crippen LogP contribution in [0.25, 0.3) is 0 Å². The second-order valence-electron chi connectivity index (χ2n) is 5.99. The van der Waals surface area contributed by atoms with E-state index in [1.165, 1.54) is 0 Å². The molecule has 2 atom stereocenters. The number of piperidine rings is 1. The first kappa shape index (κ1) is 17.5. The Labute approximate surface area is 152 Å². The highest BCUT2D eigenvalue weighted by Crippen LogP contribution is 2.40. The summed E-state index contributed by atoms with van der Waals surface area (Å²) in [5.41, 5.74) is 1.65. The molecule has 3 rings (SSSR count). The Kier molecular flexibility index (Phi) is 5.39. The molecule has 5 heteroatoms. The molecule has 2 aromatic carbocycles. The number of halogens is 1. The summed E-state index contributed by atoms with van der Waals surface area (Å²) in [5, 5.41) is 0.603. The predicted octanol–water partition coefficient (Wildman–Crippen LogP) is 4.39. The SMILES string of the molecule is CCOC(=O)[C@@H]1CCC(=O)N(c2ccc(Cl)cc2)[C@H]1c1ccccc1. The van der Waals surface area contributed by atoms with Gasteiger partial charge >= 0.3 is 5.97 Å². The molecule has 1 aliphatic heterocycles. The summed E-state index contributed by atoms with van der Waals surface area (Å²) >= 11 is 5.98. The summed E-state index contributed by atoms with van der Waals surface area (Å²) < 4.78 is 5.27. The Morgan fingerprint density at radius 3 is 2.48 bits per heavy atom. The van der Waals surface area contributed by atoms with Crippen LogP contribution in [0.5, 0.6) is 0 Å². The molecule has 0 radical (unpaired) electrons. The van der Waals surface area contributed by atoms with Crippen LogP contribution in [0.4, 0.5) is 5.69 Å². The van der Waals surface area contributed by atoms with E-state index in [9.17, 15) is 9.59 Å². The second-order valence-corrected chi connectivity index (χ2v) is 6.43. The van der Waals surface area contributed by atoms with Crippen LogP contribution in [0.2, 0.25) is 5.02 Å². The maximum atomic E-state index is 12.7. The third-order valence-electron chi connectivity index (χ3n) is 4.43. The summed E-state index contributed by atoms with van der Waals surface area (Å²) in [6.45, 7) is 2.12. The number of ether oxygens (including phenoxy) is 1. The van der Waals surface area contributed by atoms with Crippen LogP contribution in [0.3, 0.4) is 0 Å². The van der Waals surface area contributed by atoms with Crippen molar-refractivity contribution in [2.24, 2.45) is 5.92 Å². The number of hydrogen-bond donors (Lipinski definition) is 0. The van der Waals surface area contributed by atoms with Crippen molar-refractivity contribution in [1.29, 1.82) is 0 Å². The van der Waals surface area contributed by atoms with Crippen molar-refractivity contribution in [2.45, 2.75) is 25.8 Å². The number of nitrogens with zero attached hydrogens (tertiary/aromatic N) is 1. The van der Waals surface area contributed by atoms with Crippen LogP contribution in [0.1, 0.15) is 31.4 Å². The number of esters is 1. The van der Waals surface area contributed by atoms with Gasteiger partial charge < -0.3 is 9.64 Å². The standard InChI is InChI=1S/C20H20ClNO3/c1-2-25-20(24)17-12-13-18(23)22(16-10-8-15(21)9-11-16)19(17)14-6-4-3-5-7-14/h3-11,17,19H,2,12-13H2,1H3/t17-,19+/m1/s1. The van der Waals surface area contributed by atoms with Crippen LogP contribution < -0.4 is 4.90 Å². The molecule has 0 unspecified atom stereocenters. The topological polar surface area (TPSA) is 46.6 Å². The van der Waals surface area contributed by atoms with Crippen molar-refractivity contribution in [3.63, 3.8) is 0 Å². The van der Waals surface area contributed by atoms with E-state index in [0.717, 1.165) is 11.3 Å². The molecule has 0 aliphatic carbocycles. The van der Waals surface area contributed by atoms with Crippen molar-refractivity contribution < 1.29 is 14.3 Å². The summed E-state index contributed by atoms with van der Waals surface area (Å²) in [4.78, 5) is 27.0. The van der Waals surface area contributed by atoms with Gasteiger partial charge in [-0.15, -0.1) is 0 Å². The lowest BCUT2D eigenvalue weighted by atomic mass is 9.84. The first-order valence-electron chi connectivity index (χ1n) is 8.41. The van der Waals surface area contributed by atoms with Crippen LogP contribution in [-0.4, -0.2) is 18.5 Å². The van der Waals surface area contributed by atoms with E-state index in [0.29, 0.717) is 24.5 Å². The number of amides is 1. The molecule has 0 saturated carbocycles. The Balaban J connectivity index is 2.06. The van der Waals surface area contributed by atoms with E-state index >= 15 is 0 Å². The summed E-state index contributed by atoms with van der Waals surface area (Å²) in [7, 11) is 0. The van der Waals surface area contributed by atoms with E-state index in [-0.39, 0.29) is 17.9 Å². The molecule has 0 aromatic heterocycles. The quantitative estimate of drug-likeness (QED) is 0.762. The Morgan fingerprint density at radius 2 is 1.84 bits per heavy atom. The van der Waals surface area contributed by atoms with E-state index in [2.05, 4.69) is 0 Å². The Hall–Kier alpha value is -2.33. The first-order chi connectivity index (χ1) is 12.1. The monoisotopic (exact) mass is 357 g/mol. The third kappa shape index (κ3) is 3.69. The highest BCUT2D eigenvalue weighted by atomic mass is 35.5. The second kappa shape index (κ2) is 7.70. The molecule has 0 spiro atoms. The fraction of sp³-hybridized carbons (Fsp3) is 0.300. The molecule has 1 amide bonds. The Bertz CT molecular complexity index is 745. The molecular formula is C20H20ClNO3. The molecule has 1 fully saturated rings. The minimum atomic E-state index is -0.393. The smallest absolute Gasteiger partial charge is 0.311 e. The van der Waals surface area contributed by atoms with Crippen molar-refractivity contribution in [3.8, 4) is 0 Å². The van der Waals surface area contributed by atoms with Crippen molar-refractivity contribution in [3.05, 3.63) is 65.2 Å². The van der Waals surface area contributed by atoms with Crippen molar-refractivity contribution in [2.75, 3.05) is 11.5 Å². The number of anilines is 1. The molecule has 1 heterocycles. The molecule has 1 aliphatic rings. The van der Waals surface area contributed by atoms with E-state index in [1.807, 2.05) is 42.5 Å². The van der Waals surface area contributed by atoms with Gasteiger partial charge in [-0.3, -0.25) is 9.59 Å². The predicted molar refractivity (Wildman–Crippen MR) is 97.5 cm³/mol. The maximum absolute atomic E-state index is 12.7. The van der Waals surface area contributed by atoms with E-state index in [4.69, 9.17) is 16.3 Å². The molecule has 2 aromatic rings. The zero-order valence-electron chi connectivity index (χ0n) is 14.0. The van der Waals surface area contributed by atoms with E-state index < -0.39 is 5.92 Å². The zero-order valence-corrected chi connectivity index (χ0v) is 14.8. The lowest BCUT2D eigenvalue weighted by molar-refractivity contribution is -0.150. The van der Waals surface area contributed by atoms with Crippen molar-refractivity contribution in [1.82, 2.24) is 0 Å². The number of carbonyl (C=O) groups is 2. The number of rotatable bonds is 4. The number of carbonyl (C=O) groups excluding carboxylic acids is 2. The van der Waals surface area contributed by atoms with Gasteiger partial charge in [0, 0.05) is 17.1 Å². The van der Waals surface area contributed by atoms with Gasteiger partial charge in [-0.05, 0) is 43.2 Å². The minimum Gasteiger partial charge on any atom is -0.466 e. The number of benzene rings is 2. The normalized spacial score (nSPS) is 20.4. The molecule has 130 valence electrons. The van der Waals surface area contributed by atoms with Gasteiger partial charge in [0.15, 0.2) is 0 Å².